The van der Waals surface area contributed by atoms with Crippen LogP contribution in [0.3, 0.4) is 0 Å². The quantitative estimate of drug-likeness (QED) is 0.874. The summed E-state index contributed by atoms with van der Waals surface area (Å²) in [6.07, 6.45) is 0.381. The maximum atomic E-state index is 10.2. The Hall–Kier alpha value is -2.24. The minimum Gasteiger partial charge on any atom is -0.497 e. The summed E-state index contributed by atoms with van der Waals surface area (Å²) in [6, 6.07) is 14.1. The van der Waals surface area contributed by atoms with E-state index in [9.17, 15) is 5.11 Å². The van der Waals surface area contributed by atoms with Crippen LogP contribution in [0.5, 0.6) is 17.2 Å². The van der Waals surface area contributed by atoms with Crippen molar-refractivity contribution in [3.05, 3.63) is 53.6 Å². The Morgan fingerprint density at radius 1 is 1.00 bits per heavy atom. The van der Waals surface area contributed by atoms with E-state index in [1.165, 1.54) is 0 Å². The van der Waals surface area contributed by atoms with E-state index in [4.69, 9.17) is 14.2 Å². The smallest absolute Gasteiger partial charge is 0.127 e. The molecule has 0 spiro atoms. The molecule has 5 heteroatoms. The third-order valence-corrected chi connectivity index (χ3v) is 4.73. The Bertz CT molecular complexity index is 719. The number of nitrogens with zero attached hydrogens (tertiary/aromatic N) is 1. The van der Waals surface area contributed by atoms with E-state index < -0.39 is 0 Å². The van der Waals surface area contributed by atoms with Crippen LogP contribution in [0.2, 0.25) is 0 Å². The average molecular weight is 343 g/mol. The van der Waals surface area contributed by atoms with Gasteiger partial charge in [0, 0.05) is 30.8 Å². The molecule has 1 heterocycles. The molecule has 2 aromatic rings. The monoisotopic (exact) mass is 343 g/mol. The summed E-state index contributed by atoms with van der Waals surface area (Å²) in [4.78, 5) is 2.28. The summed E-state index contributed by atoms with van der Waals surface area (Å²) in [7, 11) is 4.98. The molecule has 25 heavy (non-hydrogen) atoms. The highest BCUT2D eigenvalue weighted by Crippen LogP contribution is 2.36. The third kappa shape index (κ3) is 3.89. The van der Waals surface area contributed by atoms with Crippen LogP contribution in [0, 0.1) is 0 Å². The van der Waals surface area contributed by atoms with Crippen molar-refractivity contribution < 1.29 is 19.3 Å². The molecule has 1 fully saturated rings. The van der Waals surface area contributed by atoms with Crippen molar-refractivity contribution in [1.82, 2.24) is 4.90 Å². The summed E-state index contributed by atoms with van der Waals surface area (Å²) in [5.41, 5.74) is 2.23. The molecule has 2 aromatic carbocycles. The van der Waals surface area contributed by atoms with Crippen LogP contribution in [-0.2, 0) is 6.54 Å². The number of β-amino-alcohol motifs (C(OH)–C–C–N with tert-alkyl or cyclic N) is 1. The molecule has 0 radical (unpaired) electrons. The molecule has 0 amide bonds. The highest BCUT2D eigenvalue weighted by molar-refractivity contribution is 5.41. The molecule has 1 saturated heterocycles. The second kappa shape index (κ2) is 7.76. The van der Waals surface area contributed by atoms with Crippen LogP contribution in [0.15, 0.2) is 42.5 Å². The van der Waals surface area contributed by atoms with Gasteiger partial charge in [-0.1, -0.05) is 18.2 Å². The van der Waals surface area contributed by atoms with Crippen LogP contribution in [0.25, 0.3) is 0 Å². The van der Waals surface area contributed by atoms with Crippen LogP contribution in [-0.4, -0.2) is 44.0 Å². The van der Waals surface area contributed by atoms with Crippen LogP contribution in [0.1, 0.15) is 23.6 Å². The van der Waals surface area contributed by atoms with Crippen molar-refractivity contribution in [2.45, 2.75) is 25.1 Å². The molecule has 1 aliphatic rings. The maximum Gasteiger partial charge on any atom is 0.127 e. The fraction of sp³-hybridized carbons (Fsp3) is 0.400. The second-order valence-electron chi connectivity index (χ2n) is 6.29. The van der Waals surface area contributed by atoms with Crippen LogP contribution in [0.4, 0.5) is 0 Å². The molecule has 0 aromatic heterocycles. The zero-order chi connectivity index (χ0) is 17.8. The molecule has 2 atom stereocenters. The van der Waals surface area contributed by atoms with E-state index in [0.29, 0.717) is 19.5 Å². The Labute approximate surface area is 148 Å². The van der Waals surface area contributed by atoms with E-state index in [1.807, 2.05) is 36.4 Å². The third-order valence-electron chi connectivity index (χ3n) is 4.73. The Balaban J connectivity index is 1.85. The number of methoxy groups -OCH3 is 3. The van der Waals surface area contributed by atoms with Gasteiger partial charge in [-0.2, -0.15) is 0 Å². The van der Waals surface area contributed by atoms with Gasteiger partial charge in [-0.25, -0.2) is 0 Å². The van der Waals surface area contributed by atoms with Gasteiger partial charge in [-0.05, 0) is 30.2 Å². The minimum atomic E-state index is -0.333. The first-order valence-corrected chi connectivity index (χ1v) is 8.41. The molecule has 0 saturated carbocycles. The van der Waals surface area contributed by atoms with Crippen molar-refractivity contribution in [2.24, 2.45) is 0 Å². The predicted molar refractivity (Wildman–Crippen MR) is 96.3 cm³/mol. The van der Waals surface area contributed by atoms with Gasteiger partial charge in [0.15, 0.2) is 0 Å². The number of ether oxygens (including phenoxy) is 3. The van der Waals surface area contributed by atoms with Gasteiger partial charge in [0.2, 0.25) is 0 Å². The van der Waals surface area contributed by atoms with Crippen molar-refractivity contribution in [3.63, 3.8) is 0 Å². The maximum absolute atomic E-state index is 10.2. The molecule has 3 rings (SSSR count). The standard InChI is InChI=1S/C20H25NO4/c1-23-17-6-4-5-14(9-17)19-10-16(22)13-21(19)12-15-7-8-18(24-2)11-20(15)25-3/h4-9,11,16,19,22H,10,12-13H2,1-3H3/t16-,19+/m1/s1. The van der Waals surface area contributed by atoms with Gasteiger partial charge in [-0.3, -0.25) is 4.90 Å². The zero-order valence-corrected chi connectivity index (χ0v) is 14.9. The van der Waals surface area contributed by atoms with Gasteiger partial charge < -0.3 is 19.3 Å². The van der Waals surface area contributed by atoms with Crippen LogP contribution >= 0.6 is 0 Å². The Morgan fingerprint density at radius 3 is 2.48 bits per heavy atom. The van der Waals surface area contributed by atoms with Crippen LogP contribution < -0.4 is 14.2 Å². The minimum absolute atomic E-state index is 0.150. The molecule has 0 bridgehead atoms. The lowest BCUT2D eigenvalue weighted by Gasteiger charge is -2.25. The van der Waals surface area contributed by atoms with E-state index >= 15 is 0 Å². The van der Waals surface area contributed by atoms with Gasteiger partial charge >= 0.3 is 0 Å². The lowest BCUT2D eigenvalue weighted by Crippen LogP contribution is -2.24. The summed E-state index contributed by atoms with van der Waals surface area (Å²) < 4.78 is 16.1. The Kier molecular flexibility index (Phi) is 5.46. The fourth-order valence-electron chi connectivity index (χ4n) is 3.45. The molecule has 1 aliphatic heterocycles. The molecule has 5 nitrogen and oxygen atoms in total. The molecule has 134 valence electrons. The van der Waals surface area contributed by atoms with Crippen molar-refractivity contribution in [3.8, 4) is 17.2 Å². The Morgan fingerprint density at radius 2 is 1.76 bits per heavy atom. The van der Waals surface area contributed by atoms with Gasteiger partial charge in [0.25, 0.3) is 0 Å². The second-order valence-corrected chi connectivity index (χ2v) is 6.29. The number of aliphatic hydroxyl groups excluding tert-OH is 1. The zero-order valence-electron chi connectivity index (χ0n) is 14.9. The predicted octanol–water partition coefficient (Wildman–Crippen LogP) is 3.02. The number of benzene rings is 2. The number of aliphatic hydroxyl groups is 1. The number of hydrogen-bond donors (Lipinski definition) is 1. The highest BCUT2D eigenvalue weighted by Gasteiger charge is 2.32. The summed E-state index contributed by atoms with van der Waals surface area (Å²) in [5, 5.41) is 10.2. The molecular formula is C20H25NO4. The fourth-order valence-corrected chi connectivity index (χ4v) is 3.45. The highest BCUT2D eigenvalue weighted by atomic mass is 16.5. The number of likely N-dealkylation sites (tertiary alicyclic amines) is 1. The van der Waals surface area contributed by atoms with Crippen molar-refractivity contribution in [1.29, 1.82) is 0 Å². The molecule has 0 aliphatic carbocycles. The van der Waals surface area contributed by atoms with Gasteiger partial charge in [0.05, 0.1) is 27.4 Å². The van der Waals surface area contributed by atoms with Crippen molar-refractivity contribution >= 4 is 0 Å². The van der Waals surface area contributed by atoms with E-state index in [-0.39, 0.29) is 12.1 Å². The topological polar surface area (TPSA) is 51.2 Å². The average Bonchev–Trinajstić information content (AvgIpc) is 3.02. The molecular weight excluding hydrogens is 318 g/mol. The lowest BCUT2D eigenvalue weighted by molar-refractivity contribution is 0.172. The first-order valence-electron chi connectivity index (χ1n) is 8.41. The van der Waals surface area contributed by atoms with E-state index in [2.05, 4.69) is 11.0 Å². The van der Waals surface area contributed by atoms with Gasteiger partial charge in [0.1, 0.15) is 17.2 Å². The largest absolute Gasteiger partial charge is 0.497 e. The first-order chi connectivity index (χ1) is 12.1. The molecule has 1 N–H and O–H groups in total. The number of rotatable bonds is 6. The van der Waals surface area contributed by atoms with Crippen molar-refractivity contribution in [2.75, 3.05) is 27.9 Å². The number of hydrogen-bond acceptors (Lipinski definition) is 5. The summed E-state index contributed by atoms with van der Waals surface area (Å²) in [5.74, 6) is 2.40. The summed E-state index contributed by atoms with van der Waals surface area (Å²) in [6.45, 7) is 1.34. The normalized spacial score (nSPS) is 20.5. The lowest BCUT2D eigenvalue weighted by atomic mass is 10.0. The molecule has 0 unspecified atom stereocenters. The SMILES string of the molecule is COc1cccc([C@@H]2C[C@@H](O)CN2Cc2ccc(OC)cc2OC)c1. The first kappa shape index (κ1) is 17.6. The van der Waals surface area contributed by atoms with E-state index in [1.54, 1.807) is 21.3 Å². The summed E-state index contributed by atoms with van der Waals surface area (Å²) >= 11 is 0. The van der Waals surface area contributed by atoms with Gasteiger partial charge in [-0.15, -0.1) is 0 Å². The van der Waals surface area contributed by atoms with E-state index in [0.717, 1.165) is 28.4 Å².